The number of para-hydroxylation sites is 2. The molecule has 4 aromatic carbocycles. The molecule has 0 saturated heterocycles. The van der Waals surface area contributed by atoms with Crippen molar-refractivity contribution in [2.24, 2.45) is 0 Å². The number of carbonyl (C=O) groups excluding carboxylic acids is 8. The second-order valence-electron chi connectivity index (χ2n) is 24.6. The van der Waals surface area contributed by atoms with Gasteiger partial charge in [0, 0.05) is 39.6 Å². The molecule has 12 N–H and O–H groups in total. The van der Waals surface area contributed by atoms with Crippen LogP contribution in [0.1, 0.15) is 88.0 Å². The van der Waals surface area contributed by atoms with Crippen molar-refractivity contribution in [2.45, 2.75) is 108 Å². The third-order valence-corrected chi connectivity index (χ3v) is 18.1. The van der Waals surface area contributed by atoms with Crippen LogP contribution in [-0.2, 0) is 101 Å². The van der Waals surface area contributed by atoms with Gasteiger partial charge in [-0.15, -0.1) is 0 Å². The average Bonchev–Trinajstić information content (AvgIpc) is 0.785. The number of phosphoric acid groups is 1. The summed E-state index contributed by atoms with van der Waals surface area (Å²) >= 11 is 0. The van der Waals surface area contributed by atoms with Gasteiger partial charge in [-0.25, -0.2) is 9.13 Å². The molecule has 0 fully saturated rings. The zero-order chi connectivity index (χ0) is 80.4. The van der Waals surface area contributed by atoms with E-state index in [9.17, 15) is 62.9 Å². The molecule has 620 valence electrons. The molecular weight excluding hydrogens is 1490 g/mol. The van der Waals surface area contributed by atoms with Crippen molar-refractivity contribution in [1.82, 2.24) is 42.5 Å². The highest BCUT2D eigenvalue weighted by Crippen LogP contribution is 2.59. The number of hydrogen-bond donors (Lipinski definition) is 12. The number of benzene rings is 4. The molecule has 111 heavy (non-hydrogen) atoms. The minimum absolute atomic E-state index is 0.00484. The molecule has 0 bridgehead atoms. The lowest BCUT2D eigenvalue weighted by atomic mass is 10.0. The van der Waals surface area contributed by atoms with E-state index in [0.29, 0.717) is 31.9 Å². The molecule has 5 atom stereocenters. The Morgan fingerprint density at radius 1 is 0.378 bits per heavy atom. The van der Waals surface area contributed by atoms with E-state index in [0.717, 1.165) is 25.0 Å². The zero-order valence-corrected chi connectivity index (χ0v) is 65.0. The van der Waals surface area contributed by atoms with E-state index < -0.39 is 113 Å². The van der Waals surface area contributed by atoms with E-state index in [2.05, 4.69) is 49.5 Å². The summed E-state index contributed by atoms with van der Waals surface area (Å²) in [7, 11) is -8.19. The number of hydrogen-bond acceptors (Lipinski definition) is 25. The second-order valence-corrected chi connectivity index (χ2v) is 27.8. The van der Waals surface area contributed by atoms with Crippen LogP contribution in [0.25, 0.3) is 0 Å². The highest BCUT2D eigenvalue weighted by atomic mass is 31.2. The number of phosphoric ester groups is 1. The predicted molar refractivity (Wildman–Crippen MR) is 404 cm³/mol. The van der Waals surface area contributed by atoms with Crippen molar-refractivity contribution in [3.8, 4) is 17.2 Å². The molecule has 4 rings (SSSR count). The Balaban J connectivity index is 1.17. The van der Waals surface area contributed by atoms with Crippen molar-refractivity contribution >= 4 is 62.7 Å². The normalized spacial score (nSPS) is 12.8. The van der Waals surface area contributed by atoms with Crippen LogP contribution in [0.5, 0.6) is 17.2 Å². The van der Waals surface area contributed by atoms with Crippen LogP contribution in [-0.4, -0.2) is 257 Å². The fourth-order valence-corrected chi connectivity index (χ4v) is 12.3. The van der Waals surface area contributed by atoms with E-state index >= 15 is 4.57 Å². The summed E-state index contributed by atoms with van der Waals surface area (Å²) < 4.78 is 98.1. The second kappa shape index (κ2) is 58.8. The monoisotopic (exact) mass is 1610 g/mol. The molecule has 0 aliphatic carbocycles. The fourth-order valence-electron chi connectivity index (χ4n) is 10.00. The summed E-state index contributed by atoms with van der Waals surface area (Å²) in [4.78, 5) is 125. The molecule has 0 radical (unpaired) electrons. The number of methoxy groups -OCH3 is 1. The SMILES string of the molecule is CCCCCCCCCCNC(=O)COCCOCCOCCOCC(=O)NC(CC(=O)NCCOCCOCCOC)C(=O)NCCOCCOCCOCCC(=O)NC(CO)C(=O)NC(CO)C(=O)NC(Cc1ccccc1)C(=O)NC(c1ccc(OP(=O)(O)O)cc1)P(=O)(Oc1ccccc1)Oc1ccccc1. The van der Waals surface area contributed by atoms with Crippen molar-refractivity contribution in [3.05, 3.63) is 126 Å². The quantitative estimate of drug-likeness (QED) is 0.0223. The molecule has 0 aliphatic heterocycles. The van der Waals surface area contributed by atoms with Crippen LogP contribution in [0, 0.1) is 0 Å². The van der Waals surface area contributed by atoms with Gasteiger partial charge >= 0.3 is 15.4 Å². The number of unbranched alkanes of at least 4 members (excludes halogenated alkanes) is 7. The molecule has 0 aromatic heterocycles. The summed E-state index contributed by atoms with van der Waals surface area (Å²) in [5.74, 6) is -7.80. The maximum atomic E-state index is 15.4. The molecule has 0 heterocycles. The van der Waals surface area contributed by atoms with Crippen molar-refractivity contribution in [3.63, 3.8) is 0 Å². The zero-order valence-electron chi connectivity index (χ0n) is 63.2. The minimum atomic E-state index is -5.03. The van der Waals surface area contributed by atoms with Crippen LogP contribution < -0.4 is 56.1 Å². The van der Waals surface area contributed by atoms with Crippen LogP contribution in [0.3, 0.4) is 0 Å². The van der Waals surface area contributed by atoms with Crippen LogP contribution in [0.2, 0.25) is 0 Å². The first kappa shape index (κ1) is 95.3. The molecule has 5 unspecified atom stereocenters. The van der Waals surface area contributed by atoms with Gasteiger partial charge in [-0.05, 0) is 53.9 Å². The number of carbonyl (C=O) groups is 8. The van der Waals surface area contributed by atoms with Gasteiger partial charge in [0.25, 0.3) is 0 Å². The van der Waals surface area contributed by atoms with E-state index in [4.69, 9.17) is 60.9 Å². The van der Waals surface area contributed by atoms with Gasteiger partial charge in [0.2, 0.25) is 47.3 Å². The van der Waals surface area contributed by atoms with Gasteiger partial charge < -0.3 is 114 Å². The molecule has 8 amide bonds. The Kier molecular flexibility index (Phi) is 50.5. The van der Waals surface area contributed by atoms with Crippen molar-refractivity contribution < 1.29 is 128 Å². The minimum Gasteiger partial charge on any atom is -0.414 e. The first-order chi connectivity index (χ1) is 53.8. The van der Waals surface area contributed by atoms with Gasteiger partial charge in [-0.2, -0.15) is 0 Å². The van der Waals surface area contributed by atoms with Crippen molar-refractivity contribution in [1.29, 1.82) is 0 Å². The number of amides is 8. The molecular formula is C74H112N8O27P2. The third kappa shape index (κ3) is 44.7. The van der Waals surface area contributed by atoms with E-state index in [1.165, 1.54) is 74.9 Å². The molecule has 0 saturated carbocycles. The first-order valence-electron chi connectivity index (χ1n) is 37.0. The van der Waals surface area contributed by atoms with Crippen molar-refractivity contribution in [2.75, 3.05) is 165 Å². The van der Waals surface area contributed by atoms with Crippen LogP contribution in [0.4, 0.5) is 0 Å². The average molecular weight is 1610 g/mol. The molecule has 0 aliphatic rings. The van der Waals surface area contributed by atoms with Crippen LogP contribution in [0.15, 0.2) is 115 Å². The number of aliphatic hydroxyl groups is 2. The largest absolute Gasteiger partial charge is 0.524 e. The Labute approximate surface area is 647 Å². The number of rotatable bonds is 66. The molecule has 0 spiro atoms. The van der Waals surface area contributed by atoms with Crippen LogP contribution >= 0.6 is 15.4 Å². The Bertz CT molecular complexity index is 3290. The highest BCUT2D eigenvalue weighted by Gasteiger charge is 2.44. The standard InChI is InChI=1S/C74H112N8O27P2/c1-3-4-5-6-7-8-9-19-31-75-68(87)55-105-49-47-103-45-46-104-48-50-106-56-69(88)78-63(52-67(86)76-32-35-99-40-43-101-38-37-97-2)70(89)77-33-36-100-41-44-102-42-39-98-34-30-66(85)79-64(53-83)72(91)81-65(54-84)73(92)80-62(51-57-20-13-10-14-21-57)71(90)82-74(58-26-28-61(29-27-58)109-111(94,95)96)110(93,107-59-22-15-11-16-23-59)108-60-24-17-12-18-25-60/h10-18,20-29,62-65,74,83-84H,3-9,19,30-56H2,1-2H3,(H,75,87)(H,76,86)(H,77,89)(H,78,88)(H,79,85)(H,80,92)(H,81,91)(H,82,90)(H2,94,95,96). The van der Waals surface area contributed by atoms with Gasteiger partial charge in [-0.1, -0.05) is 131 Å². The summed E-state index contributed by atoms with van der Waals surface area (Å²) in [5, 5.41) is 41.2. The summed E-state index contributed by atoms with van der Waals surface area (Å²) in [6, 6.07) is 22.6. The Hall–Kier alpha value is -8.06. The number of ether oxygens (including phenoxy) is 10. The van der Waals surface area contributed by atoms with Gasteiger partial charge in [0.05, 0.1) is 132 Å². The lowest BCUT2D eigenvalue weighted by Crippen LogP contribution is -2.59. The smallest absolute Gasteiger partial charge is 0.414 e. The number of nitrogens with one attached hydrogen (secondary N) is 8. The van der Waals surface area contributed by atoms with E-state index in [1.807, 2.05) is 0 Å². The highest BCUT2D eigenvalue weighted by molar-refractivity contribution is 7.55. The predicted octanol–water partition coefficient (Wildman–Crippen LogP) is 2.86. The topological polar surface area (TPSA) is 468 Å². The molecule has 4 aromatic rings. The van der Waals surface area contributed by atoms with E-state index in [1.54, 1.807) is 73.8 Å². The fraction of sp³-hybridized carbons (Fsp3) is 0.568. The molecule has 35 nitrogen and oxygen atoms in total. The summed E-state index contributed by atoms with van der Waals surface area (Å²) in [5.41, 5.74) is 0.543. The third-order valence-electron chi connectivity index (χ3n) is 15.6. The Morgan fingerprint density at radius 2 is 0.793 bits per heavy atom. The lowest BCUT2D eigenvalue weighted by molar-refractivity contribution is -0.135. The summed E-state index contributed by atoms with van der Waals surface area (Å²) in [6.45, 7) is 3.58. The van der Waals surface area contributed by atoms with Gasteiger partial charge in [0.15, 0.2) is 5.78 Å². The van der Waals surface area contributed by atoms with Gasteiger partial charge in [0.1, 0.15) is 54.6 Å². The lowest BCUT2D eigenvalue weighted by Gasteiger charge is -2.30. The molecule has 37 heteroatoms. The number of aliphatic hydroxyl groups excluding tert-OH is 2. The maximum absolute atomic E-state index is 15.4. The summed E-state index contributed by atoms with van der Waals surface area (Å²) in [6.07, 6.45) is 8.60. The Morgan fingerprint density at radius 3 is 1.31 bits per heavy atom. The van der Waals surface area contributed by atoms with Gasteiger partial charge in [-0.3, -0.25) is 48.1 Å². The van der Waals surface area contributed by atoms with E-state index in [-0.39, 0.29) is 154 Å². The maximum Gasteiger partial charge on any atom is 0.524 e. The first-order valence-corrected chi connectivity index (χ1v) is 40.1.